The zero-order valence-electron chi connectivity index (χ0n) is 15.4. The first-order chi connectivity index (χ1) is 13.3. The van der Waals surface area contributed by atoms with Crippen LogP contribution in [-0.4, -0.2) is 36.4 Å². The summed E-state index contributed by atoms with van der Waals surface area (Å²) in [6.45, 7) is 3.09. The molecule has 2 aromatic carbocycles. The largest absolute Gasteiger partial charge is 0.507 e. The van der Waals surface area contributed by atoms with Gasteiger partial charge in [0.05, 0.1) is 12.7 Å². The van der Waals surface area contributed by atoms with Crippen LogP contribution < -0.4 is 14.2 Å². The molecule has 0 aromatic heterocycles. The minimum absolute atomic E-state index is 0.0126. The molecule has 0 saturated carbocycles. The Hall–Kier alpha value is -3.46. The molecule has 0 fully saturated rings. The smallest absolute Gasteiger partial charge is 0.347 e. The minimum atomic E-state index is -1.18. The highest BCUT2D eigenvalue weighted by Gasteiger charge is 2.43. The van der Waals surface area contributed by atoms with Crippen molar-refractivity contribution in [1.29, 1.82) is 0 Å². The van der Waals surface area contributed by atoms with Crippen LogP contribution in [0, 0.1) is 13.8 Å². The molecule has 9 nitrogen and oxygen atoms in total. The predicted octanol–water partition coefficient (Wildman–Crippen LogP) is 2.86. The van der Waals surface area contributed by atoms with Crippen LogP contribution in [0.4, 0.5) is 0 Å². The van der Waals surface area contributed by atoms with Gasteiger partial charge in [0.15, 0.2) is 23.0 Å². The fourth-order valence-electron chi connectivity index (χ4n) is 3.37. The van der Waals surface area contributed by atoms with Gasteiger partial charge in [0.2, 0.25) is 12.0 Å². The van der Waals surface area contributed by atoms with Crippen molar-refractivity contribution >= 4 is 11.9 Å². The number of hydrogen-bond donors (Lipinski definition) is 2. The van der Waals surface area contributed by atoms with Crippen molar-refractivity contribution in [3.63, 3.8) is 0 Å². The van der Waals surface area contributed by atoms with Crippen molar-refractivity contribution in [3.05, 3.63) is 33.9 Å². The van der Waals surface area contributed by atoms with Gasteiger partial charge in [-0.25, -0.2) is 9.59 Å². The lowest BCUT2D eigenvalue weighted by Gasteiger charge is -2.17. The third-order valence-corrected chi connectivity index (χ3v) is 4.76. The van der Waals surface area contributed by atoms with E-state index < -0.39 is 29.7 Å². The molecule has 0 radical (unpaired) electrons. The van der Waals surface area contributed by atoms with Crippen LogP contribution in [0.15, 0.2) is 6.07 Å². The number of fused-ring (bicyclic) bond motifs is 4. The monoisotopic (exact) mass is 388 g/mol. The molecular formula is C19H16O9. The number of phenols is 2. The van der Waals surface area contributed by atoms with Crippen LogP contribution >= 0.6 is 0 Å². The Morgan fingerprint density at radius 2 is 1.64 bits per heavy atom. The normalized spacial score (nSPS) is 16.9. The molecule has 0 unspecified atom stereocenters. The third kappa shape index (κ3) is 2.23. The Kier molecular flexibility index (Phi) is 3.86. The zero-order chi connectivity index (χ0) is 20.3. The van der Waals surface area contributed by atoms with Crippen LogP contribution in [0.25, 0.3) is 0 Å². The molecule has 2 aliphatic heterocycles. The van der Waals surface area contributed by atoms with Crippen LogP contribution in [-0.2, 0) is 9.47 Å². The number of hydrogen-bond acceptors (Lipinski definition) is 9. The third-order valence-electron chi connectivity index (χ3n) is 4.76. The summed E-state index contributed by atoms with van der Waals surface area (Å²) in [6, 6.07) is 1.47. The van der Waals surface area contributed by atoms with E-state index in [9.17, 15) is 19.8 Å². The first-order valence-corrected chi connectivity index (χ1v) is 8.23. The summed E-state index contributed by atoms with van der Waals surface area (Å²) in [5.74, 6) is -2.70. The molecule has 2 aromatic rings. The van der Waals surface area contributed by atoms with Crippen LogP contribution in [0.3, 0.4) is 0 Å². The number of aryl methyl sites for hydroxylation is 1. The maximum atomic E-state index is 12.8. The lowest BCUT2D eigenvalue weighted by atomic mass is 10.0. The quantitative estimate of drug-likeness (QED) is 0.591. The molecule has 0 saturated heterocycles. The summed E-state index contributed by atoms with van der Waals surface area (Å²) in [5, 5.41) is 21.0. The van der Waals surface area contributed by atoms with Crippen LogP contribution in [0.1, 0.15) is 43.7 Å². The molecule has 0 spiro atoms. The Balaban J connectivity index is 2.07. The number of cyclic esters (lactones) is 1. The Morgan fingerprint density at radius 1 is 0.929 bits per heavy atom. The molecule has 146 valence electrons. The number of carbonyl (C=O) groups excluding carboxylic acids is 2. The Morgan fingerprint density at radius 3 is 2.29 bits per heavy atom. The van der Waals surface area contributed by atoms with E-state index in [0.29, 0.717) is 5.56 Å². The fourth-order valence-corrected chi connectivity index (χ4v) is 3.37. The molecular weight excluding hydrogens is 372 g/mol. The minimum Gasteiger partial charge on any atom is -0.507 e. The number of phenolic OH excluding ortho intramolecular Hbond substituents is 2. The van der Waals surface area contributed by atoms with Crippen molar-refractivity contribution < 1.29 is 43.5 Å². The molecule has 28 heavy (non-hydrogen) atoms. The number of benzene rings is 2. The molecule has 0 aliphatic carbocycles. The average Bonchev–Trinajstić information content (AvgIpc) is 2.91. The van der Waals surface area contributed by atoms with E-state index in [1.807, 2.05) is 0 Å². The van der Waals surface area contributed by atoms with Gasteiger partial charge in [-0.3, -0.25) is 0 Å². The molecule has 2 aliphatic rings. The maximum Gasteiger partial charge on any atom is 0.347 e. The number of ether oxygens (including phenoxy) is 5. The van der Waals surface area contributed by atoms with E-state index in [2.05, 4.69) is 0 Å². The molecule has 1 atom stereocenters. The van der Waals surface area contributed by atoms with Crippen molar-refractivity contribution in [3.8, 4) is 34.5 Å². The van der Waals surface area contributed by atoms with Gasteiger partial charge in [0, 0.05) is 12.7 Å². The van der Waals surface area contributed by atoms with Gasteiger partial charge in [-0.1, -0.05) is 0 Å². The summed E-state index contributed by atoms with van der Waals surface area (Å²) in [4.78, 5) is 25.0. The standard InChI is InChI=1S/C19H16O9/c1-6-5-8(24-3)13(21)15-9(6)17(22)27-14-7(2)12(20)10-11(16(14)26-15)19(25-4)28-18(10)23/h5,19-21H,1-4H3/t19-/m1/s1. The summed E-state index contributed by atoms with van der Waals surface area (Å²) in [5.41, 5.74) is 0.443. The van der Waals surface area contributed by atoms with Gasteiger partial charge < -0.3 is 33.9 Å². The van der Waals surface area contributed by atoms with E-state index in [1.54, 1.807) is 6.92 Å². The summed E-state index contributed by atoms with van der Waals surface area (Å²) < 4.78 is 26.7. The molecule has 9 heteroatoms. The second-order valence-electron chi connectivity index (χ2n) is 6.33. The number of carbonyl (C=O) groups is 2. The van der Waals surface area contributed by atoms with Gasteiger partial charge in [-0.15, -0.1) is 0 Å². The second kappa shape index (κ2) is 6.03. The highest BCUT2D eigenvalue weighted by Crippen LogP contribution is 2.55. The summed E-state index contributed by atoms with van der Waals surface area (Å²) in [7, 11) is 2.66. The van der Waals surface area contributed by atoms with E-state index in [0.717, 1.165) is 0 Å². The molecule has 2 N–H and O–H groups in total. The van der Waals surface area contributed by atoms with Crippen molar-refractivity contribution in [2.75, 3.05) is 14.2 Å². The van der Waals surface area contributed by atoms with Crippen molar-refractivity contribution in [1.82, 2.24) is 0 Å². The number of esters is 2. The van der Waals surface area contributed by atoms with Gasteiger partial charge in [0.1, 0.15) is 16.9 Å². The fraction of sp³-hybridized carbons (Fsp3) is 0.263. The Labute approximate surface area is 159 Å². The van der Waals surface area contributed by atoms with Gasteiger partial charge in [0.25, 0.3) is 0 Å². The first-order valence-electron chi connectivity index (χ1n) is 8.23. The first kappa shape index (κ1) is 17.9. The predicted molar refractivity (Wildman–Crippen MR) is 92.4 cm³/mol. The van der Waals surface area contributed by atoms with E-state index in [-0.39, 0.29) is 45.3 Å². The highest BCUT2D eigenvalue weighted by atomic mass is 16.7. The zero-order valence-corrected chi connectivity index (χ0v) is 15.4. The van der Waals surface area contributed by atoms with Gasteiger partial charge in [-0.05, 0) is 25.5 Å². The lowest BCUT2D eigenvalue weighted by Crippen LogP contribution is -2.10. The number of rotatable bonds is 2. The molecule has 0 amide bonds. The average molecular weight is 388 g/mol. The van der Waals surface area contributed by atoms with E-state index in [4.69, 9.17) is 23.7 Å². The van der Waals surface area contributed by atoms with Gasteiger partial charge in [-0.2, -0.15) is 0 Å². The van der Waals surface area contributed by atoms with E-state index >= 15 is 0 Å². The Bertz CT molecular complexity index is 1050. The second-order valence-corrected chi connectivity index (χ2v) is 6.33. The topological polar surface area (TPSA) is 121 Å². The van der Waals surface area contributed by atoms with Crippen LogP contribution in [0.2, 0.25) is 0 Å². The maximum absolute atomic E-state index is 12.8. The van der Waals surface area contributed by atoms with Crippen LogP contribution in [0.5, 0.6) is 34.5 Å². The summed E-state index contributed by atoms with van der Waals surface area (Å²) >= 11 is 0. The highest BCUT2D eigenvalue weighted by molar-refractivity contribution is 6.02. The van der Waals surface area contributed by atoms with Crippen molar-refractivity contribution in [2.24, 2.45) is 0 Å². The summed E-state index contributed by atoms with van der Waals surface area (Å²) in [6.07, 6.45) is -1.18. The number of aromatic hydroxyl groups is 2. The lowest BCUT2D eigenvalue weighted by molar-refractivity contribution is -0.0823. The SMILES string of the molecule is COc1cc(C)c2c(c1O)Oc1c(c(C)c(O)c3c1[C@H](OC)OC3=O)OC2=O. The molecule has 2 heterocycles. The molecule has 0 bridgehead atoms. The number of methoxy groups -OCH3 is 2. The van der Waals surface area contributed by atoms with Gasteiger partial charge >= 0.3 is 11.9 Å². The van der Waals surface area contributed by atoms with Crippen molar-refractivity contribution in [2.45, 2.75) is 20.1 Å². The molecule has 4 rings (SSSR count). The van der Waals surface area contributed by atoms with E-state index in [1.165, 1.54) is 27.2 Å².